The molecule has 2 N–H and O–H groups in total. The lowest BCUT2D eigenvalue weighted by Gasteiger charge is -2.27. The highest BCUT2D eigenvalue weighted by atomic mass is 16.5. The molecule has 2 rings (SSSR count). The summed E-state index contributed by atoms with van der Waals surface area (Å²) in [6.07, 6.45) is 0. The topological polar surface area (TPSA) is 64.8 Å². The zero-order valence-electron chi connectivity index (χ0n) is 11.2. The molecule has 0 radical (unpaired) electrons. The summed E-state index contributed by atoms with van der Waals surface area (Å²) in [5.41, 5.74) is 7.60. The summed E-state index contributed by atoms with van der Waals surface area (Å²) in [5, 5.41) is 0. The molecule has 1 amide bonds. The van der Waals surface area contributed by atoms with Crippen molar-refractivity contribution in [2.75, 3.05) is 32.9 Å². The van der Waals surface area contributed by atoms with Crippen LogP contribution in [-0.4, -0.2) is 43.7 Å². The summed E-state index contributed by atoms with van der Waals surface area (Å²) < 4.78 is 10.9. The molecule has 1 heterocycles. The van der Waals surface area contributed by atoms with Gasteiger partial charge in [-0.3, -0.25) is 4.79 Å². The summed E-state index contributed by atoms with van der Waals surface area (Å²) in [6.45, 7) is 4.89. The molecule has 0 saturated carbocycles. The standard InChI is InChI=1S/C14H20N2O3/c1-11-3-2-4-12(9-15)14(11)19-10-13(17)16-5-7-18-8-6-16/h2-4H,5-10,15H2,1H3. The number of aryl methyl sites for hydroxylation is 1. The van der Waals surface area contributed by atoms with Crippen LogP contribution in [0.5, 0.6) is 5.75 Å². The normalized spacial score (nSPS) is 15.4. The average Bonchev–Trinajstić information content (AvgIpc) is 2.46. The Labute approximate surface area is 113 Å². The molecule has 19 heavy (non-hydrogen) atoms. The van der Waals surface area contributed by atoms with Crippen LogP contribution >= 0.6 is 0 Å². The van der Waals surface area contributed by atoms with E-state index in [1.165, 1.54) is 0 Å². The van der Waals surface area contributed by atoms with Gasteiger partial charge in [0.15, 0.2) is 6.61 Å². The molecule has 0 aromatic heterocycles. The van der Waals surface area contributed by atoms with E-state index in [1.807, 2.05) is 25.1 Å². The van der Waals surface area contributed by atoms with E-state index in [0.717, 1.165) is 16.9 Å². The third-order valence-electron chi connectivity index (χ3n) is 3.22. The predicted octanol–water partition coefficient (Wildman–Crippen LogP) is 0.691. The van der Waals surface area contributed by atoms with Crippen LogP contribution in [0.25, 0.3) is 0 Å². The van der Waals surface area contributed by atoms with Crippen LogP contribution in [0.3, 0.4) is 0 Å². The average molecular weight is 264 g/mol. The van der Waals surface area contributed by atoms with E-state index in [2.05, 4.69) is 0 Å². The Morgan fingerprint density at radius 1 is 1.42 bits per heavy atom. The van der Waals surface area contributed by atoms with Crippen LogP contribution in [0.2, 0.25) is 0 Å². The van der Waals surface area contributed by atoms with E-state index in [9.17, 15) is 4.79 Å². The molecule has 1 aromatic rings. The zero-order chi connectivity index (χ0) is 13.7. The smallest absolute Gasteiger partial charge is 0.260 e. The van der Waals surface area contributed by atoms with Crippen molar-refractivity contribution < 1.29 is 14.3 Å². The van der Waals surface area contributed by atoms with Crippen LogP contribution in [-0.2, 0) is 16.1 Å². The van der Waals surface area contributed by atoms with Crippen LogP contribution in [0.15, 0.2) is 18.2 Å². The molecule has 5 nitrogen and oxygen atoms in total. The number of morpholine rings is 1. The van der Waals surface area contributed by atoms with Gasteiger partial charge in [0, 0.05) is 25.2 Å². The summed E-state index contributed by atoms with van der Waals surface area (Å²) >= 11 is 0. The second-order valence-corrected chi connectivity index (χ2v) is 4.55. The molecule has 0 bridgehead atoms. The first-order chi connectivity index (χ1) is 9.22. The van der Waals surface area contributed by atoms with Gasteiger partial charge in [0.1, 0.15) is 5.75 Å². The minimum absolute atomic E-state index is 0.00507. The number of nitrogens with two attached hydrogens (primary N) is 1. The molecule has 1 aliphatic rings. The maximum Gasteiger partial charge on any atom is 0.260 e. The summed E-state index contributed by atoms with van der Waals surface area (Å²) in [6, 6.07) is 5.81. The fraction of sp³-hybridized carbons (Fsp3) is 0.500. The van der Waals surface area contributed by atoms with Crippen LogP contribution in [0.4, 0.5) is 0 Å². The van der Waals surface area contributed by atoms with Gasteiger partial charge in [-0.1, -0.05) is 18.2 Å². The van der Waals surface area contributed by atoms with Crippen molar-refractivity contribution >= 4 is 5.91 Å². The first-order valence-electron chi connectivity index (χ1n) is 6.49. The van der Waals surface area contributed by atoms with Crippen LogP contribution in [0.1, 0.15) is 11.1 Å². The van der Waals surface area contributed by atoms with Crippen LogP contribution < -0.4 is 10.5 Å². The number of carbonyl (C=O) groups excluding carboxylic acids is 1. The van der Waals surface area contributed by atoms with Gasteiger partial charge in [-0.15, -0.1) is 0 Å². The van der Waals surface area contributed by atoms with Gasteiger partial charge in [0.25, 0.3) is 5.91 Å². The number of para-hydroxylation sites is 1. The number of ether oxygens (including phenoxy) is 2. The molecule has 0 spiro atoms. The number of rotatable bonds is 4. The highest BCUT2D eigenvalue weighted by Gasteiger charge is 2.18. The summed E-state index contributed by atoms with van der Waals surface area (Å²) in [5.74, 6) is 0.723. The number of amides is 1. The number of nitrogens with zero attached hydrogens (tertiary/aromatic N) is 1. The molecule has 0 aliphatic carbocycles. The minimum atomic E-state index is -0.00507. The van der Waals surface area contributed by atoms with Crippen molar-refractivity contribution in [3.05, 3.63) is 29.3 Å². The third kappa shape index (κ3) is 3.45. The molecule has 1 saturated heterocycles. The molecule has 104 valence electrons. The SMILES string of the molecule is Cc1cccc(CN)c1OCC(=O)N1CCOCC1. The van der Waals surface area contributed by atoms with E-state index in [0.29, 0.717) is 32.8 Å². The molecule has 5 heteroatoms. The number of benzene rings is 1. The fourth-order valence-electron chi connectivity index (χ4n) is 2.12. The van der Waals surface area contributed by atoms with E-state index < -0.39 is 0 Å². The van der Waals surface area contributed by atoms with Crippen LogP contribution in [0, 0.1) is 6.92 Å². The van der Waals surface area contributed by atoms with Gasteiger partial charge in [0.05, 0.1) is 13.2 Å². The molecule has 1 aromatic carbocycles. The van der Waals surface area contributed by atoms with Gasteiger partial charge >= 0.3 is 0 Å². The second kappa shape index (κ2) is 6.54. The lowest BCUT2D eigenvalue weighted by atomic mass is 10.1. The van der Waals surface area contributed by atoms with Crippen molar-refractivity contribution in [2.24, 2.45) is 5.73 Å². The summed E-state index contributed by atoms with van der Waals surface area (Å²) in [4.78, 5) is 13.8. The first-order valence-corrected chi connectivity index (χ1v) is 6.49. The monoisotopic (exact) mass is 264 g/mol. The number of hydrogen-bond donors (Lipinski definition) is 1. The number of carbonyl (C=O) groups is 1. The van der Waals surface area contributed by atoms with E-state index in [1.54, 1.807) is 4.90 Å². The molecule has 0 unspecified atom stereocenters. The molecular weight excluding hydrogens is 244 g/mol. The Kier molecular flexibility index (Phi) is 4.76. The van der Waals surface area contributed by atoms with Crippen molar-refractivity contribution in [1.82, 2.24) is 4.90 Å². The molecular formula is C14H20N2O3. The Hall–Kier alpha value is -1.59. The van der Waals surface area contributed by atoms with Gasteiger partial charge in [-0.25, -0.2) is 0 Å². The van der Waals surface area contributed by atoms with E-state index in [-0.39, 0.29) is 12.5 Å². The maximum atomic E-state index is 12.0. The molecule has 1 fully saturated rings. The van der Waals surface area contributed by atoms with Crippen molar-refractivity contribution in [2.45, 2.75) is 13.5 Å². The third-order valence-corrected chi connectivity index (χ3v) is 3.22. The second-order valence-electron chi connectivity index (χ2n) is 4.55. The van der Waals surface area contributed by atoms with Gasteiger partial charge in [0.2, 0.25) is 0 Å². The largest absolute Gasteiger partial charge is 0.483 e. The Bertz CT molecular complexity index is 442. The van der Waals surface area contributed by atoms with Gasteiger partial charge in [-0.2, -0.15) is 0 Å². The Morgan fingerprint density at radius 3 is 2.84 bits per heavy atom. The van der Waals surface area contributed by atoms with Gasteiger partial charge < -0.3 is 20.1 Å². The van der Waals surface area contributed by atoms with Crippen molar-refractivity contribution in [1.29, 1.82) is 0 Å². The van der Waals surface area contributed by atoms with E-state index >= 15 is 0 Å². The number of hydrogen-bond acceptors (Lipinski definition) is 4. The van der Waals surface area contributed by atoms with E-state index in [4.69, 9.17) is 15.2 Å². The minimum Gasteiger partial charge on any atom is -0.483 e. The predicted molar refractivity (Wildman–Crippen MR) is 72.0 cm³/mol. The zero-order valence-corrected chi connectivity index (χ0v) is 11.2. The molecule has 1 aliphatic heterocycles. The fourth-order valence-corrected chi connectivity index (χ4v) is 2.12. The quantitative estimate of drug-likeness (QED) is 0.869. The Morgan fingerprint density at radius 2 is 2.16 bits per heavy atom. The van der Waals surface area contributed by atoms with Crippen molar-refractivity contribution in [3.63, 3.8) is 0 Å². The maximum absolute atomic E-state index is 12.0. The first kappa shape index (κ1) is 13.8. The lowest BCUT2D eigenvalue weighted by Crippen LogP contribution is -2.43. The Balaban J connectivity index is 1.96. The highest BCUT2D eigenvalue weighted by Crippen LogP contribution is 2.22. The summed E-state index contributed by atoms with van der Waals surface area (Å²) in [7, 11) is 0. The lowest BCUT2D eigenvalue weighted by molar-refractivity contribution is -0.137. The highest BCUT2D eigenvalue weighted by molar-refractivity contribution is 5.78. The van der Waals surface area contributed by atoms with Gasteiger partial charge in [-0.05, 0) is 12.5 Å². The van der Waals surface area contributed by atoms with Crippen molar-refractivity contribution in [3.8, 4) is 5.75 Å². The molecule has 0 atom stereocenters.